The number of aromatic nitrogens is 6. The Balaban J connectivity index is 2.09. The number of aryl methyl sites for hydroxylation is 1. The highest BCUT2D eigenvalue weighted by Gasteiger charge is 2.17. The minimum atomic E-state index is 0.455. The first kappa shape index (κ1) is 14.7. The van der Waals surface area contributed by atoms with Gasteiger partial charge in [-0.05, 0) is 46.9 Å². The van der Waals surface area contributed by atoms with Crippen LogP contribution in [0.25, 0.3) is 17.1 Å². The SMILES string of the molecule is CCn1nnc(-c2cnn(-c3cccc(Cl)c3Cl)c2I)n1. The Morgan fingerprint density at radius 2 is 2.10 bits per heavy atom. The summed E-state index contributed by atoms with van der Waals surface area (Å²) in [7, 11) is 0. The molecule has 0 spiro atoms. The molecule has 0 bridgehead atoms. The highest BCUT2D eigenvalue weighted by molar-refractivity contribution is 14.1. The number of tetrazole rings is 1. The van der Waals surface area contributed by atoms with Gasteiger partial charge in [0.15, 0.2) is 0 Å². The van der Waals surface area contributed by atoms with Crippen molar-refractivity contribution in [2.24, 2.45) is 0 Å². The van der Waals surface area contributed by atoms with Crippen molar-refractivity contribution in [2.75, 3.05) is 0 Å². The van der Waals surface area contributed by atoms with E-state index in [1.54, 1.807) is 16.9 Å². The Kier molecular flexibility index (Phi) is 4.14. The van der Waals surface area contributed by atoms with Gasteiger partial charge in [0.05, 0.1) is 34.0 Å². The molecule has 0 unspecified atom stereocenters. The Hall–Kier alpha value is -1.19. The lowest BCUT2D eigenvalue weighted by atomic mass is 10.3. The van der Waals surface area contributed by atoms with Gasteiger partial charge < -0.3 is 0 Å². The summed E-state index contributed by atoms with van der Waals surface area (Å²) in [5.74, 6) is 0.533. The molecule has 0 aliphatic heterocycles. The zero-order valence-corrected chi connectivity index (χ0v) is 14.5. The third-order valence-electron chi connectivity index (χ3n) is 2.85. The third-order valence-corrected chi connectivity index (χ3v) is 4.69. The standard InChI is InChI=1S/C12H9Cl2IN6/c1-2-20-18-12(17-19-20)7-6-16-21(11(7)15)9-5-3-4-8(13)10(9)14/h3-6H,2H2,1H3. The van der Waals surface area contributed by atoms with Crippen LogP contribution in [-0.4, -0.2) is 30.0 Å². The van der Waals surface area contributed by atoms with E-state index in [9.17, 15) is 0 Å². The van der Waals surface area contributed by atoms with Crippen LogP contribution in [0.1, 0.15) is 6.92 Å². The van der Waals surface area contributed by atoms with Crippen molar-refractivity contribution < 1.29 is 0 Å². The van der Waals surface area contributed by atoms with Crippen molar-refractivity contribution in [1.82, 2.24) is 30.0 Å². The van der Waals surface area contributed by atoms with E-state index in [1.807, 2.05) is 19.1 Å². The summed E-state index contributed by atoms with van der Waals surface area (Å²) in [5, 5.41) is 17.6. The molecule has 0 fully saturated rings. The van der Waals surface area contributed by atoms with E-state index in [2.05, 4.69) is 43.1 Å². The van der Waals surface area contributed by atoms with Crippen molar-refractivity contribution in [1.29, 1.82) is 0 Å². The Bertz CT molecular complexity index is 797. The van der Waals surface area contributed by atoms with Crippen molar-refractivity contribution >= 4 is 45.8 Å². The quantitative estimate of drug-likeness (QED) is 0.592. The molecule has 0 radical (unpaired) electrons. The first-order valence-corrected chi connectivity index (χ1v) is 7.91. The lowest BCUT2D eigenvalue weighted by molar-refractivity contribution is 0.552. The molecular weight excluding hydrogens is 426 g/mol. The molecule has 0 atom stereocenters. The number of nitrogens with zero attached hydrogens (tertiary/aromatic N) is 6. The van der Waals surface area contributed by atoms with Crippen LogP contribution in [0.4, 0.5) is 0 Å². The summed E-state index contributed by atoms with van der Waals surface area (Å²) in [6.45, 7) is 2.61. The number of hydrogen-bond acceptors (Lipinski definition) is 4. The topological polar surface area (TPSA) is 61.4 Å². The molecule has 21 heavy (non-hydrogen) atoms. The fourth-order valence-electron chi connectivity index (χ4n) is 1.79. The number of halogens is 3. The summed E-state index contributed by atoms with van der Waals surface area (Å²) in [4.78, 5) is 1.52. The van der Waals surface area contributed by atoms with E-state index < -0.39 is 0 Å². The molecule has 0 N–H and O–H groups in total. The second kappa shape index (κ2) is 5.90. The number of rotatable bonds is 3. The van der Waals surface area contributed by atoms with Crippen LogP contribution in [0.2, 0.25) is 10.0 Å². The summed E-state index contributed by atoms with van der Waals surface area (Å²) in [5.41, 5.74) is 1.51. The Morgan fingerprint density at radius 3 is 2.81 bits per heavy atom. The van der Waals surface area contributed by atoms with Gasteiger partial charge >= 0.3 is 0 Å². The number of benzene rings is 1. The fourth-order valence-corrected chi connectivity index (χ4v) is 2.93. The number of hydrogen-bond donors (Lipinski definition) is 0. The fraction of sp³-hybridized carbons (Fsp3) is 0.167. The predicted molar refractivity (Wildman–Crippen MR) is 88.8 cm³/mol. The van der Waals surface area contributed by atoms with E-state index in [0.717, 1.165) is 9.26 Å². The van der Waals surface area contributed by atoms with Crippen molar-refractivity contribution in [3.05, 3.63) is 38.1 Å². The van der Waals surface area contributed by atoms with Crippen molar-refractivity contribution in [2.45, 2.75) is 13.5 Å². The molecule has 0 aliphatic carbocycles. The average Bonchev–Trinajstić information content (AvgIpc) is 3.08. The van der Waals surface area contributed by atoms with Crippen molar-refractivity contribution in [3.8, 4) is 17.1 Å². The molecule has 9 heteroatoms. The molecule has 2 heterocycles. The smallest absolute Gasteiger partial charge is 0.209 e. The molecule has 3 aromatic rings. The Morgan fingerprint density at radius 1 is 1.29 bits per heavy atom. The highest BCUT2D eigenvalue weighted by Crippen LogP contribution is 2.31. The largest absolute Gasteiger partial charge is 0.225 e. The van der Waals surface area contributed by atoms with Crippen LogP contribution >= 0.6 is 45.8 Å². The normalized spacial score (nSPS) is 11.0. The second-order valence-corrected chi connectivity index (χ2v) is 5.94. The van der Waals surface area contributed by atoms with Gasteiger partial charge in [-0.3, -0.25) is 0 Å². The molecule has 0 aliphatic rings. The molecule has 0 saturated heterocycles. The van der Waals surface area contributed by atoms with Crippen LogP contribution in [-0.2, 0) is 6.54 Å². The molecule has 3 rings (SSSR count). The first-order valence-electron chi connectivity index (χ1n) is 6.08. The van der Waals surface area contributed by atoms with E-state index >= 15 is 0 Å². The van der Waals surface area contributed by atoms with E-state index in [1.165, 1.54) is 4.80 Å². The van der Waals surface area contributed by atoms with Crippen LogP contribution in [0, 0.1) is 3.70 Å². The molecule has 108 valence electrons. The lowest BCUT2D eigenvalue weighted by Gasteiger charge is -2.07. The maximum Gasteiger partial charge on any atom is 0.209 e. The van der Waals surface area contributed by atoms with Crippen LogP contribution < -0.4 is 0 Å². The highest BCUT2D eigenvalue weighted by atomic mass is 127. The van der Waals surface area contributed by atoms with E-state index in [-0.39, 0.29) is 0 Å². The summed E-state index contributed by atoms with van der Waals surface area (Å²) >= 11 is 14.5. The van der Waals surface area contributed by atoms with Gasteiger partial charge in [0.1, 0.15) is 3.70 Å². The van der Waals surface area contributed by atoms with Gasteiger partial charge in [-0.15, -0.1) is 10.2 Å². The lowest BCUT2D eigenvalue weighted by Crippen LogP contribution is -2.00. The molecule has 0 saturated carbocycles. The maximum atomic E-state index is 6.24. The van der Waals surface area contributed by atoms with Crippen LogP contribution in [0.15, 0.2) is 24.4 Å². The van der Waals surface area contributed by atoms with E-state index in [4.69, 9.17) is 23.2 Å². The minimum absolute atomic E-state index is 0.455. The zero-order valence-electron chi connectivity index (χ0n) is 10.8. The monoisotopic (exact) mass is 434 g/mol. The molecular formula is C12H9Cl2IN6. The van der Waals surface area contributed by atoms with Crippen LogP contribution in [0.5, 0.6) is 0 Å². The molecule has 0 amide bonds. The third kappa shape index (κ3) is 2.65. The molecule has 1 aromatic carbocycles. The average molecular weight is 435 g/mol. The van der Waals surface area contributed by atoms with Gasteiger partial charge in [-0.1, -0.05) is 29.3 Å². The van der Waals surface area contributed by atoms with Gasteiger partial charge in [0.2, 0.25) is 5.82 Å². The summed E-state index contributed by atoms with van der Waals surface area (Å²) < 4.78 is 2.55. The van der Waals surface area contributed by atoms with Gasteiger partial charge in [-0.25, -0.2) is 4.68 Å². The molecule has 6 nitrogen and oxygen atoms in total. The van der Waals surface area contributed by atoms with Crippen molar-refractivity contribution in [3.63, 3.8) is 0 Å². The Labute approximate surface area is 144 Å². The first-order chi connectivity index (χ1) is 10.1. The summed E-state index contributed by atoms with van der Waals surface area (Å²) in [6, 6.07) is 5.41. The van der Waals surface area contributed by atoms with E-state index in [0.29, 0.717) is 28.1 Å². The van der Waals surface area contributed by atoms with Gasteiger partial charge in [0.25, 0.3) is 0 Å². The van der Waals surface area contributed by atoms with Gasteiger partial charge in [0, 0.05) is 0 Å². The molecule has 2 aromatic heterocycles. The van der Waals surface area contributed by atoms with Crippen LogP contribution in [0.3, 0.4) is 0 Å². The zero-order chi connectivity index (χ0) is 15.0. The minimum Gasteiger partial charge on any atom is -0.225 e. The second-order valence-electron chi connectivity index (χ2n) is 4.14. The maximum absolute atomic E-state index is 6.24. The summed E-state index contributed by atoms with van der Waals surface area (Å²) in [6.07, 6.45) is 1.69. The van der Waals surface area contributed by atoms with Gasteiger partial charge in [-0.2, -0.15) is 9.90 Å². The predicted octanol–water partition coefficient (Wildman–Crippen LogP) is 3.46.